The molecule has 1 aromatic carbocycles. The van der Waals surface area contributed by atoms with Crippen LogP contribution < -0.4 is 4.74 Å². The van der Waals surface area contributed by atoms with E-state index < -0.39 is 0 Å². The first-order valence-corrected chi connectivity index (χ1v) is 8.16. The van der Waals surface area contributed by atoms with Gasteiger partial charge in [0.15, 0.2) is 0 Å². The molecule has 3 nitrogen and oxygen atoms in total. The van der Waals surface area contributed by atoms with Crippen LogP contribution in [-0.2, 0) is 0 Å². The molecular weight excluding hydrogens is 374 g/mol. The van der Waals surface area contributed by atoms with Crippen molar-refractivity contribution in [2.24, 2.45) is 0 Å². The average Bonchev–Trinajstić information content (AvgIpc) is 2.42. The van der Waals surface area contributed by atoms with Gasteiger partial charge in [0.1, 0.15) is 5.75 Å². The zero-order valence-corrected chi connectivity index (χ0v) is 14.5. The molecule has 1 amide bonds. The summed E-state index contributed by atoms with van der Waals surface area (Å²) in [6.45, 7) is 0.787. The lowest BCUT2D eigenvalue weighted by Gasteiger charge is -2.17. The van der Waals surface area contributed by atoms with E-state index in [1.54, 1.807) is 30.2 Å². The van der Waals surface area contributed by atoms with E-state index in [1.807, 2.05) is 7.05 Å². The van der Waals surface area contributed by atoms with Gasteiger partial charge in [-0.05, 0) is 47.0 Å². The van der Waals surface area contributed by atoms with Crippen LogP contribution in [0.25, 0.3) is 0 Å². The van der Waals surface area contributed by atoms with Gasteiger partial charge in [-0.1, -0.05) is 22.4 Å². The van der Waals surface area contributed by atoms with Gasteiger partial charge in [-0.25, -0.2) is 0 Å². The van der Waals surface area contributed by atoms with Crippen LogP contribution in [0.4, 0.5) is 0 Å². The highest BCUT2D eigenvalue weighted by Crippen LogP contribution is 2.25. The summed E-state index contributed by atoms with van der Waals surface area (Å²) < 4.78 is 5.96. The zero-order valence-electron chi connectivity index (χ0n) is 11.3. The second-order valence-corrected chi connectivity index (χ2v) is 5.97. The molecule has 0 spiro atoms. The van der Waals surface area contributed by atoms with Crippen LogP contribution in [0, 0.1) is 0 Å². The van der Waals surface area contributed by atoms with Crippen molar-refractivity contribution in [3.8, 4) is 5.75 Å². The van der Waals surface area contributed by atoms with E-state index in [-0.39, 0.29) is 5.91 Å². The predicted molar refractivity (Wildman–Crippen MR) is 85.3 cm³/mol. The van der Waals surface area contributed by atoms with Crippen molar-refractivity contribution in [3.05, 3.63) is 28.2 Å². The summed E-state index contributed by atoms with van der Waals surface area (Å²) in [5.74, 6) is 0.777. The van der Waals surface area contributed by atoms with E-state index in [0.29, 0.717) is 5.56 Å². The number of carbonyl (C=O) groups excluding carboxylic acids is 1. The Morgan fingerprint density at radius 3 is 2.63 bits per heavy atom. The molecule has 19 heavy (non-hydrogen) atoms. The number of alkyl halides is 1. The van der Waals surface area contributed by atoms with Crippen LogP contribution in [0.2, 0.25) is 0 Å². The monoisotopic (exact) mass is 391 g/mol. The molecule has 0 atom stereocenters. The van der Waals surface area contributed by atoms with Crippen LogP contribution >= 0.6 is 31.9 Å². The second-order valence-electron chi connectivity index (χ2n) is 4.33. The molecule has 0 aromatic heterocycles. The van der Waals surface area contributed by atoms with Crippen LogP contribution in [0.3, 0.4) is 0 Å². The third kappa shape index (κ3) is 5.15. The summed E-state index contributed by atoms with van der Waals surface area (Å²) in [5.41, 5.74) is 0.677. The minimum Gasteiger partial charge on any atom is -0.496 e. The molecule has 0 bridgehead atoms. The van der Waals surface area contributed by atoms with E-state index in [0.717, 1.165) is 41.4 Å². The van der Waals surface area contributed by atoms with Crippen LogP contribution in [0.5, 0.6) is 5.75 Å². The fourth-order valence-corrected chi connectivity index (χ4v) is 2.68. The molecular formula is C14H19Br2NO2. The lowest BCUT2D eigenvalue weighted by molar-refractivity contribution is 0.0792. The predicted octanol–water partition coefficient (Wildman–Crippen LogP) is 4.09. The molecule has 0 radical (unpaired) electrons. The van der Waals surface area contributed by atoms with Gasteiger partial charge in [0.25, 0.3) is 5.91 Å². The molecule has 0 aliphatic heterocycles. The number of ether oxygens (including phenoxy) is 1. The SMILES string of the molecule is COc1ccc(C(=O)N(C)CCCCCBr)cc1Br. The minimum absolute atomic E-state index is 0.0437. The number of hydrogen-bond donors (Lipinski definition) is 0. The second kappa shape index (κ2) is 8.59. The first kappa shape index (κ1) is 16.5. The van der Waals surface area contributed by atoms with Gasteiger partial charge in [-0.3, -0.25) is 4.79 Å². The molecule has 0 fully saturated rings. The molecule has 1 aromatic rings. The Hall–Kier alpha value is -0.550. The van der Waals surface area contributed by atoms with Gasteiger partial charge in [-0.2, -0.15) is 0 Å². The molecule has 0 aliphatic rings. The average molecular weight is 393 g/mol. The Kier molecular flexibility index (Phi) is 7.46. The normalized spacial score (nSPS) is 10.3. The number of methoxy groups -OCH3 is 1. The number of amides is 1. The molecule has 106 valence electrons. The molecule has 0 N–H and O–H groups in total. The highest BCUT2D eigenvalue weighted by atomic mass is 79.9. The van der Waals surface area contributed by atoms with Crippen molar-refractivity contribution in [3.63, 3.8) is 0 Å². The number of carbonyl (C=O) groups is 1. The van der Waals surface area contributed by atoms with Gasteiger partial charge in [-0.15, -0.1) is 0 Å². The maximum Gasteiger partial charge on any atom is 0.253 e. The summed E-state index contributed by atoms with van der Waals surface area (Å²) in [6.07, 6.45) is 3.32. The smallest absolute Gasteiger partial charge is 0.253 e. The van der Waals surface area contributed by atoms with Crippen LogP contribution in [0.15, 0.2) is 22.7 Å². The van der Waals surface area contributed by atoms with E-state index in [1.165, 1.54) is 0 Å². The zero-order chi connectivity index (χ0) is 14.3. The number of nitrogens with zero attached hydrogens (tertiary/aromatic N) is 1. The quantitative estimate of drug-likeness (QED) is 0.516. The summed E-state index contributed by atoms with van der Waals surface area (Å²) in [5, 5.41) is 1.02. The van der Waals surface area contributed by atoms with E-state index in [4.69, 9.17) is 4.74 Å². The van der Waals surface area contributed by atoms with E-state index in [2.05, 4.69) is 31.9 Å². The van der Waals surface area contributed by atoms with E-state index >= 15 is 0 Å². The summed E-state index contributed by atoms with van der Waals surface area (Å²) >= 11 is 6.80. The molecule has 0 unspecified atom stereocenters. The number of rotatable bonds is 7. The summed E-state index contributed by atoms with van der Waals surface area (Å²) in [4.78, 5) is 14.0. The highest BCUT2D eigenvalue weighted by Gasteiger charge is 2.13. The number of benzene rings is 1. The molecule has 0 saturated heterocycles. The Bertz CT molecular complexity index is 424. The number of hydrogen-bond acceptors (Lipinski definition) is 2. The van der Waals surface area contributed by atoms with Crippen molar-refractivity contribution in [2.75, 3.05) is 26.0 Å². The molecule has 0 saturated carbocycles. The molecule has 1 rings (SSSR count). The molecule has 0 aliphatic carbocycles. The number of unbranched alkanes of at least 4 members (excludes halogenated alkanes) is 2. The van der Waals surface area contributed by atoms with Crippen LogP contribution in [0.1, 0.15) is 29.6 Å². The van der Waals surface area contributed by atoms with Gasteiger partial charge in [0.05, 0.1) is 11.6 Å². The fourth-order valence-electron chi connectivity index (χ4n) is 1.74. The van der Waals surface area contributed by atoms with Gasteiger partial charge >= 0.3 is 0 Å². The first-order chi connectivity index (χ1) is 9.10. The molecule has 5 heteroatoms. The highest BCUT2D eigenvalue weighted by molar-refractivity contribution is 9.10. The topological polar surface area (TPSA) is 29.5 Å². The van der Waals surface area contributed by atoms with Crippen molar-refractivity contribution >= 4 is 37.8 Å². The van der Waals surface area contributed by atoms with Crippen molar-refractivity contribution in [1.29, 1.82) is 0 Å². The van der Waals surface area contributed by atoms with Crippen molar-refractivity contribution in [1.82, 2.24) is 4.90 Å². The van der Waals surface area contributed by atoms with Crippen molar-refractivity contribution < 1.29 is 9.53 Å². The Balaban J connectivity index is 2.59. The number of halogens is 2. The van der Waals surface area contributed by atoms with Gasteiger partial charge < -0.3 is 9.64 Å². The summed E-state index contributed by atoms with van der Waals surface area (Å²) in [7, 11) is 3.45. The Morgan fingerprint density at radius 2 is 2.05 bits per heavy atom. The Labute approximate surface area is 131 Å². The third-order valence-corrected chi connectivity index (χ3v) is 4.05. The van der Waals surface area contributed by atoms with Gasteiger partial charge in [0.2, 0.25) is 0 Å². The van der Waals surface area contributed by atoms with Crippen LogP contribution in [-0.4, -0.2) is 36.8 Å². The maximum atomic E-state index is 12.2. The van der Waals surface area contributed by atoms with Crippen molar-refractivity contribution in [2.45, 2.75) is 19.3 Å². The molecule has 0 heterocycles. The lowest BCUT2D eigenvalue weighted by Crippen LogP contribution is -2.27. The first-order valence-electron chi connectivity index (χ1n) is 6.25. The maximum absolute atomic E-state index is 12.2. The lowest BCUT2D eigenvalue weighted by atomic mass is 10.2. The largest absolute Gasteiger partial charge is 0.496 e. The summed E-state index contributed by atoms with van der Waals surface area (Å²) in [6, 6.07) is 5.40. The van der Waals surface area contributed by atoms with E-state index in [9.17, 15) is 4.79 Å². The Morgan fingerprint density at radius 1 is 1.32 bits per heavy atom. The van der Waals surface area contributed by atoms with Gasteiger partial charge in [0, 0.05) is 24.5 Å². The minimum atomic E-state index is 0.0437. The fraction of sp³-hybridized carbons (Fsp3) is 0.500. The third-order valence-electron chi connectivity index (χ3n) is 2.87. The standard InChI is InChI=1S/C14H19Br2NO2/c1-17(9-5-3-4-8-15)14(18)11-6-7-13(19-2)12(16)10-11/h6-7,10H,3-5,8-9H2,1-2H3.